The van der Waals surface area contributed by atoms with E-state index in [0.717, 1.165) is 30.0 Å². The van der Waals surface area contributed by atoms with Crippen LogP contribution in [0.2, 0.25) is 0 Å². The van der Waals surface area contributed by atoms with E-state index in [1.165, 1.54) is 32.4 Å². The number of aromatic nitrogens is 2. The average molecular weight is 462 g/mol. The number of carbonyl (C=O) groups is 1. The smallest absolute Gasteiger partial charge is 0.307 e. The highest BCUT2D eigenvalue weighted by Gasteiger charge is 2.12. The van der Waals surface area contributed by atoms with Crippen molar-refractivity contribution in [2.24, 2.45) is 0 Å². The summed E-state index contributed by atoms with van der Waals surface area (Å²) in [5.74, 6) is 0.433. The van der Waals surface area contributed by atoms with Gasteiger partial charge in [0.1, 0.15) is 17.9 Å². The van der Waals surface area contributed by atoms with Crippen LogP contribution in [0.5, 0.6) is 5.75 Å². The van der Waals surface area contributed by atoms with Crippen molar-refractivity contribution in [1.29, 1.82) is 0 Å². The van der Waals surface area contributed by atoms with Crippen molar-refractivity contribution in [1.82, 2.24) is 9.97 Å². The largest absolute Gasteiger partial charge is 0.494 e. The number of ether oxygens (including phenoxy) is 1. The Kier molecular flexibility index (Phi) is 6.89. The summed E-state index contributed by atoms with van der Waals surface area (Å²) in [6.07, 6.45) is 2.37. The van der Waals surface area contributed by atoms with Crippen molar-refractivity contribution in [2.45, 2.75) is 33.6 Å². The zero-order chi connectivity index (χ0) is 23.4. The van der Waals surface area contributed by atoms with Crippen molar-refractivity contribution < 1.29 is 14.6 Å². The Bertz CT molecular complexity index is 1300. The lowest BCUT2D eigenvalue weighted by molar-refractivity contribution is -0.136. The Morgan fingerprint density at radius 1 is 1.15 bits per heavy atom. The van der Waals surface area contributed by atoms with Crippen LogP contribution in [0.3, 0.4) is 0 Å². The number of nitrogens with zero attached hydrogens (tertiary/aromatic N) is 2. The summed E-state index contributed by atoms with van der Waals surface area (Å²) in [7, 11) is 0. The second kappa shape index (κ2) is 10.0. The number of hydrogen-bond acceptors (Lipinski definition) is 6. The fourth-order valence-electron chi connectivity index (χ4n) is 3.98. The summed E-state index contributed by atoms with van der Waals surface area (Å²) in [4.78, 5) is 21.3. The zero-order valence-electron chi connectivity index (χ0n) is 19.0. The van der Waals surface area contributed by atoms with Crippen LogP contribution in [0.15, 0.2) is 48.8 Å². The molecule has 2 aromatic carbocycles. The molecule has 33 heavy (non-hydrogen) atoms. The fraction of sp³-hybridized carbons (Fsp3) is 0.269. The molecular formula is C26H27N3O3S. The number of fused-ring (bicyclic) bond motifs is 1. The number of aryl methyl sites for hydroxylation is 2. The molecule has 0 spiro atoms. The minimum absolute atomic E-state index is 0.0810. The van der Waals surface area contributed by atoms with E-state index in [1.807, 2.05) is 36.5 Å². The first kappa shape index (κ1) is 22.7. The molecule has 2 aromatic heterocycles. The number of aliphatic carboxylic acids is 1. The van der Waals surface area contributed by atoms with Crippen LogP contribution in [0, 0.1) is 13.8 Å². The topological polar surface area (TPSA) is 84.3 Å². The van der Waals surface area contributed by atoms with E-state index in [2.05, 4.69) is 47.3 Å². The van der Waals surface area contributed by atoms with Gasteiger partial charge < -0.3 is 15.2 Å². The molecule has 0 saturated heterocycles. The third-order valence-corrected chi connectivity index (χ3v) is 6.87. The molecule has 0 amide bonds. The second-order valence-electron chi connectivity index (χ2n) is 7.88. The standard InChI is InChI=1S/C26H27N3O3S/c1-4-32-23-12-18(8-9-19(23)13-25(30)31)22-14-24(29-15-28-22)27-11-10-20-17(3)33-26-16(2)6-5-7-21(20)26/h5-9,12,14-15H,4,10-11,13H2,1-3H3,(H,30,31)(H,27,28,29). The normalized spacial score (nSPS) is 11.0. The third-order valence-electron chi connectivity index (χ3n) is 5.57. The first-order valence-corrected chi connectivity index (χ1v) is 11.8. The number of benzene rings is 2. The quantitative estimate of drug-likeness (QED) is 0.335. The summed E-state index contributed by atoms with van der Waals surface area (Å²) in [5, 5.41) is 13.9. The first-order chi connectivity index (χ1) is 16.0. The van der Waals surface area contributed by atoms with Gasteiger partial charge in [0.2, 0.25) is 0 Å². The van der Waals surface area contributed by atoms with Crippen molar-refractivity contribution in [3.8, 4) is 17.0 Å². The van der Waals surface area contributed by atoms with Gasteiger partial charge in [-0.25, -0.2) is 9.97 Å². The number of thiophene rings is 1. The molecule has 0 unspecified atom stereocenters. The monoisotopic (exact) mass is 461 g/mol. The van der Waals surface area contributed by atoms with Crippen molar-refractivity contribution in [3.05, 3.63) is 70.4 Å². The van der Waals surface area contributed by atoms with Gasteiger partial charge in [0.15, 0.2) is 0 Å². The van der Waals surface area contributed by atoms with Crippen LogP contribution in [-0.4, -0.2) is 34.2 Å². The Labute approximate surface area is 197 Å². The van der Waals surface area contributed by atoms with Gasteiger partial charge in [-0.3, -0.25) is 4.79 Å². The van der Waals surface area contributed by atoms with E-state index in [-0.39, 0.29) is 6.42 Å². The molecule has 6 nitrogen and oxygen atoms in total. The van der Waals surface area contributed by atoms with Gasteiger partial charge in [-0.05, 0) is 49.8 Å². The number of rotatable bonds is 9. The van der Waals surface area contributed by atoms with E-state index >= 15 is 0 Å². The maximum absolute atomic E-state index is 11.1. The van der Waals surface area contributed by atoms with E-state index in [9.17, 15) is 4.79 Å². The van der Waals surface area contributed by atoms with Crippen LogP contribution in [0.1, 0.15) is 28.5 Å². The van der Waals surface area contributed by atoms with Crippen molar-refractivity contribution >= 4 is 33.2 Å². The lowest BCUT2D eigenvalue weighted by Crippen LogP contribution is -2.07. The predicted molar refractivity (Wildman–Crippen MR) is 133 cm³/mol. The van der Waals surface area contributed by atoms with E-state index in [0.29, 0.717) is 17.9 Å². The zero-order valence-corrected chi connectivity index (χ0v) is 19.8. The third kappa shape index (κ3) is 5.14. The SMILES string of the molecule is CCOc1cc(-c2cc(NCCc3c(C)sc4c(C)cccc34)ncn2)ccc1CC(=O)O. The van der Waals surface area contributed by atoms with Gasteiger partial charge >= 0.3 is 5.97 Å². The average Bonchev–Trinajstić information content (AvgIpc) is 3.12. The van der Waals surface area contributed by atoms with Crippen molar-refractivity contribution in [2.75, 3.05) is 18.5 Å². The first-order valence-electron chi connectivity index (χ1n) is 11.0. The van der Waals surface area contributed by atoms with Crippen LogP contribution in [0.25, 0.3) is 21.3 Å². The van der Waals surface area contributed by atoms with Gasteiger partial charge in [-0.2, -0.15) is 0 Å². The Balaban J connectivity index is 1.50. The van der Waals surface area contributed by atoms with Gasteiger partial charge in [-0.1, -0.05) is 30.3 Å². The molecule has 0 bridgehead atoms. The summed E-state index contributed by atoms with van der Waals surface area (Å²) < 4.78 is 7.04. The molecule has 0 aliphatic carbocycles. The van der Waals surface area contributed by atoms with Crippen LogP contribution in [0.4, 0.5) is 5.82 Å². The van der Waals surface area contributed by atoms with Crippen LogP contribution in [-0.2, 0) is 17.6 Å². The molecule has 7 heteroatoms. The number of carboxylic acids is 1. The maximum atomic E-state index is 11.1. The van der Waals surface area contributed by atoms with Crippen LogP contribution >= 0.6 is 11.3 Å². The number of hydrogen-bond donors (Lipinski definition) is 2. The molecule has 0 fully saturated rings. The maximum Gasteiger partial charge on any atom is 0.307 e. The highest BCUT2D eigenvalue weighted by atomic mass is 32.1. The molecule has 0 aliphatic heterocycles. The van der Waals surface area contributed by atoms with E-state index in [4.69, 9.17) is 9.84 Å². The van der Waals surface area contributed by atoms with Gasteiger partial charge in [0, 0.05) is 33.3 Å². The molecule has 0 atom stereocenters. The van der Waals surface area contributed by atoms with Gasteiger partial charge in [0.25, 0.3) is 0 Å². The fourth-order valence-corrected chi connectivity index (χ4v) is 5.15. The lowest BCUT2D eigenvalue weighted by atomic mass is 10.0. The minimum Gasteiger partial charge on any atom is -0.494 e. The lowest BCUT2D eigenvalue weighted by Gasteiger charge is -2.12. The van der Waals surface area contributed by atoms with Gasteiger partial charge in [0.05, 0.1) is 18.7 Å². The molecule has 0 aliphatic rings. The van der Waals surface area contributed by atoms with Crippen molar-refractivity contribution in [3.63, 3.8) is 0 Å². The molecule has 0 saturated carbocycles. The Hall–Kier alpha value is -3.45. The summed E-state index contributed by atoms with van der Waals surface area (Å²) in [6, 6.07) is 13.9. The Morgan fingerprint density at radius 2 is 2.00 bits per heavy atom. The predicted octanol–water partition coefficient (Wildman–Crippen LogP) is 5.66. The van der Waals surface area contributed by atoms with Gasteiger partial charge in [-0.15, -0.1) is 11.3 Å². The molecule has 4 aromatic rings. The highest BCUT2D eigenvalue weighted by molar-refractivity contribution is 7.19. The second-order valence-corrected chi connectivity index (χ2v) is 9.10. The summed E-state index contributed by atoms with van der Waals surface area (Å²) >= 11 is 1.86. The number of anilines is 1. The molecule has 0 radical (unpaired) electrons. The summed E-state index contributed by atoms with van der Waals surface area (Å²) in [5.41, 5.74) is 4.96. The number of nitrogens with one attached hydrogen (secondary N) is 1. The molecular weight excluding hydrogens is 434 g/mol. The molecule has 4 rings (SSSR count). The summed E-state index contributed by atoms with van der Waals surface area (Å²) in [6.45, 7) is 7.45. The minimum atomic E-state index is -0.888. The Morgan fingerprint density at radius 3 is 2.79 bits per heavy atom. The molecule has 2 N–H and O–H groups in total. The molecule has 170 valence electrons. The number of carboxylic acid groups (broad SMARTS) is 1. The van der Waals surface area contributed by atoms with E-state index in [1.54, 1.807) is 6.07 Å². The van der Waals surface area contributed by atoms with Crippen LogP contribution < -0.4 is 10.1 Å². The molecule has 2 heterocycles. The highest BCUT2D eigenvalue weighted by Crippen LogP contribution is 2.33. The van der Waals surface area contributed by atoms with E-state index < -0.39 is 5.97 Å².